The summed E-state index contributed by atoms with van der Waals surface area (Å²) in [6.45, 7) is 5.29. The molecule has 0 saturated carbocycles. The Kier molecular flexibility index (Phi) is 4.57. The molecule has 118 valence electrons. The number of likely N-dealkylation sites (tertiary alicyclic amines) is 1. The summed E-state index contributed by atoms with van der Waals surface area (Å²) in [5, 5.41) is 4.54. The molecule has 0 unspecified atom stereocenters. The third kappa shape index (κ3) is 3.74. The minimum Gasteiger partial charge on any atom is -0.297 e. The third-order valence-corrected chi connectivity index (χ3v) is 4.69. The number of piperidine rings is 1. The van der Waals surface area contributed by atoms with Crippen LogP contribution in [-0.4, -0.2) is 27.8 Å². The summed E-state index contributed by atoms with van der Waals surface area (Å²) in [5.74, 6) is 0.566. The summed E-state index contributed by atoms with van der Waals surface area (Å²) < 4.78 is 14.9. The summed E-state index contributed by atoms with van der Waals surface area (Å²) in [4.78, 5) is 2.49. The molecule has 2 heterocycles. The molecule has 1 saturated heterocycles. The second-order valence-corrected chi connectivity index (χ2v) is 6.45. The molecule has 0 radical (unpaired) electrons. The van der Waals surface area contributed by atoms with Gasteiger partial charge in [-0.3, -0.25) is 9.58 Å². The molecule has 3 nitrogen and oxygen atoms in total. The van der Waals surface area contributed by atoms with E-state index in [1.807, 2.05) is 23.9 Å². The van der Waals surface area contributed by atoms with Crippen molar-refractivity contribution in [2.75, 3.05) is 13.1 Å². The summed E-state index contributed by atoms with van der Waals surface area (Å²) in [7, 11) is 1.99. The zero-order valence-electron chi connectivity index (χ0n) is 13.4. The lowest BCUT2D eigenvalue weighted by Gasteiger charge is -2.31. The third-order valence-electron chi connectivity index (χ3n) is 4.69. The zero-order valence-corrected chi connectivity index (χ0v) is 13.4. The van der Waals surface area contributed by atoms with Crippen LogP contribution in [0.2, 0.25) is 0 Å². The van der Waals surface area contributed by atoms with Gasteiger partial charge in [0.15, 0.2) is 0 Å². The van der Waals surface area contributed by atoms with E-state index in [0.717, 1.165) is 31.7 Å². The first-order valence-electron chi connectivity index (χ1n) is 8.06. The predicted molar refractivity (Wildman–Crippen MR) is 86.1 cm³/mol. The average Bonchev–Trinajstić information content (AvgIpc) is 2.82. The maximum absolute atomic E-state index is 12.9. The molecule has 0 bridgehead atoms. The van der Waals surface area contributed by atoms with Gasteiger partial charge in [-0.2, -0.15) is 5.10 Å². The van der Waals surface area contributed by atoms with Crippen LogP contribution < -0.4 is 0 Å². The molecule has 1 fully saturated rings. The van der Waals surface area contributed by atoms with E-state index in [1.165, 1.54) is 24.1 Å². The number of hydrogen-bond donors (Lipinski definition) is 0. The Hall–Kier alpha value is -1.68. The first-order valence-corrected chi connectivity index (χ1v) is 8.06. The molecular formula is C18H24FN3. The summed E-state index contributed by atoms with van der Waals surface area (Å²) in [6, 6.07) is 9.13. The van der Waals surface area contributed by atoms with Gasteiger partial charge in [0.05, 0.1) is 5.69 Å². The van der Waals surface area contributed by atoms with Crippen molar-refractivity contribution in [2.24, 2.45) is 13.0 Å². The van der Waals surface area contributed by atoms with Crippen molar-refractivity contribution in [3.63, 3.8) is 0 Å². The zero-order chi connectivity index (χ0) is 15.5. The normalized spacial score (nSPS) is 17.0. The molecule has 0 spiro atoms. The van der Waals surface area contributed by atoms with E-state index in [4.69, 9.17) is 0 Å². The van der Waals surface area contributed by atoms with Crippen LogP contribution >= 0.6 is 0 Å². The SMILES string of the molecule is Cc1cc(CN2CCC(Cc3ccc(F)cc3)CC2)nn1C. The van der Waals surface area contributed by atoms with Crippen LogP contribution in [-0.2, 0) is 20.0 Å². The highest BCUT2D eigenvalue weighted by molar-refractivity contribution is 5.16. The van der Waals surface area contributed by atoms with Gasteiger partial charge < -0.3 is 0 Å². The van der Waals surface area contributed by atoms with E-state index in [-0.39, 0.29) is 5.82 Å². The van der Waals surface area contributed by atoms with Crippen molar-refractivity contribution < 1.29 is 4.39 Å². The summed E-state index contributed by atoms with van der Waals surface area (Å²) in [6.07, 6.45) is 3.49. The van der Waals surface area contributed by atoms with Crippen LogP contribution in [0.25, 0.3) is 0 Å². The van der Waals surface area contributed by atoms with Gasteiger partial charge in [-0.25, -0.2) is 4.39 Å². The molecule has 4 heteroatoms. The Morgan fingerprint density at radius 1 is 1.18 bits per heavy atom. The van der Waals surface area contributed by atoms with Crippen LogP contribution in [0.15, 0.2) is 30.3 Å². The molecular weight excluding hydrogens is 277 g/mol. The minimum atomic E-state index is -0.149. The fourth-order valence-corrected chi connectivity index (χ4v) is 3.24. The smallest absolute Gasteiger partial charge is 0.123 e. The first kappa shape index (κ1) is 15.2. The van der Waals surface area contributed by atoms with Gasteiger partial charge in [-0.05, 0) is 69.0 Å². The van der Waals surface area contributed by atoms with Gasteiger partial charge in [-0.1, -0.05) is 12.1 Å². The number of rotatable bonds is 4. The van der Waals surface area contributed by atoms with Crippen LogP contribution in [0.3, 0.4) is 0 Å². The highest BCUT2D eigenvalue weighted by Crippen LogP contribution is 2.23. The maximum atomic E-state index is 12.9. The van der Waals surface area contributed by atoms with Crippen molar-refractivity contribution in [3.8, 4) is 0 Å². The van der Waals surface area contributed by atoms with Gasteiger partial charge in [0, 0.05) is 19.3 Å². The molecule has 0 amide bonds. The highest BCUT2D eigenvalue weighted by atomic mass is 19.1. The number of hydrogen-bond acceptors (Lipinski definition) is 2. The second-order valence-electron chi connectivity index (χ2n) is 6.45. The van der Waals surface area contributed by atoms with Gasteiger partial charge >= 0.3 is 0 Å². The maximum Gasteiger partial charge on any atom is 0.123 e. The minimum absolute atomic E-state index is 0.149. The molecule has 1 aliphatic rings. The Balaban J connectivity index is 1.48. The Labute approximate surface area is 131 Å². The monoisotopic (exact) mass is 301 g/mol. The van der Waals surface area contributed by atoms with Gasteiger partial charge in [-0.15, -0.1) is 0 Å². The quantitative estimate of drug-likeness (QED) is 0.864. The van der Waals surface area contributed by atoms with E-state index in [1.54, 1.807) is 12.1 Å². The van der Waals surface area contributed by atoms with Crippen LogP contribution in [0, 0.1) is 18.7 Å². The van der Waals surface area contributed by atoms with Gasteiger partial charge in [0.25, 0.3) is 0 Å². The van der Waals surface area contributed by atoms with Crippen molar-refractivity contribution in [1.29, 1.82) is 0 Å². The number of aromatic nitrogens is 2. The molecule has 0 aliphatic carbocycles. The molecule has 2 aromatic rings. The number of benzene rings is 1. The van der Waals surface area contributed by atoms with Crippen LogP contribution in [0.5, 0.6) is 0 Å². The second kappa shape index (κ2) is 6.61. The number of nitrogens with zero attached hydrogens (tertiary/aromatic N) is 3. The molecule has 22 heavy (non-hydrogen) atoms. The van der Waals surface area contributed by atoms with E-state index in [9.17, 15) is 4.39 Å². The highest BCUT2D eigenvalue weighted by Gasteiger charge is 2.20. The van der Waals surface area contributed by atoms with Crippen LogP contribution in [0.4, 0.5) is 4.39 Å². The van der Waals surface area contributed by atoms with Crippen molar-refractivity contribution in [3.05, 3.63) is 53.1 Å². The van der Waals surface area contributed by atoms with E-state index in [2.05, 4.69) is 23.0 Å². The number of aryl methyl sites for hydroxylation is 2. The lowest BCUT2D eigenvalue weighted by molar-refractivity contribution is 0.175. The van der Waals surface area contributed by atoms with E-state index < -0.39 is 0 Å². The molecule has 0 N–H and O–H groups in total. The summed E-state index contributed by atoms with van der Waals surface area (Å²) >= 11 is 0. The van der Waals surface area contributed by atoms with E-state index in [0.29, 0.717) is 5.92 Å². The standard InChI is InChI=1S/C18H24FN3/c1-14-11-18(20-21(14)2)13-22-9-7-16(8-10-22)12-15-3-5-17(19)6-4-15/h3-6,11,16H,7-10,12-13H2,1-2H3. The molecule has 1 aromatic heterocycles. The lowest BCUT2D eigenvalue weighted by atomic mass is 9.90. The predicted octanol–water partition coefficient (Wildman–Crippen LogP) is 3.32. The largest absolute Gasteiger partial charge is 0.297 e. The van der Waals surface area contributed by atoms with Crippen molar-refractivity contribution >= 4 is 0 Å². The van der Waals surface area contributed by atoms with Crippen molar-refractivity contribution in [2.45, 2.75) is 32.7 Å². The fourth-order valence-electron chi connectivity index (χ4n) is 3.24. The van der Waals surface area contributed by atoms with Crippen LogP contribution in [0.1, 0.15) is 29.8 Å². The Bertz CT molecular complexity index is 590. The topological polar surface area (TPSA) is 21.1 Å². The van der Waals surface area contributed by atoms with Crippen molar-refractivity contribution in [1.82, 2.24) is 14.7 Å². The van der Waals surface area contributed by atoms with E-state index >= 15 is 0 Å². The summed E-state index contributed by atoms with van der Waals surface area (Å²) in [5.41, 5.74) is 3.62. The fraction of sp³-hybridized carbons (Fsp3) is 0.500. The molecule has 3 rings (SSSR count). The number of halogens is 1. The Morgan fingerprint density at radius 2 is 1.86 bits per heavy atom. The van der Waals surface area contributed by atoms with Gasteiger partial charge in [0.1, 0.15) is 5.82 Å². The lowest BCUT2D eigenvalue weighted by Crippen LogP contribution is -2.34. The molecule has 0 atom stereocenters. The first-order chi connectivity index (χ1) is 10.6. The Morgan fingerprint density at radius 3 is 2.45 bits per heavy atom. The average molecular weight is 301 g/mol. The molecule has 1 aromatic carbocycles. The molecule has 1 aliphatic heterocycles. The van der Waals surface area contributed by atoms with Gasteiger partial charge in [0.2, 0.25) is 0 Å².